The SMILES string of the molecule is O=C(Nc1ccc(F)c(F)c1)Nc1cc(F)c(F)c(C(=O)c2ccc3ncncc3c2)c1. The number of fused-ring (bicyclic) bond motifs is 1. The number of hydrogen-bond acceptors (Lipinski definition) is 4. The van der Waals surface area contributed by atoms with E-state index in [1.54, 1.807) is 0 Å². The Bertz CT molecular complexity index is 1380. The van der Waals surface area contributed by atoms with Gasteiger partial charge in [0.25, 0.3) is 0 Å². The highest BCUT2D eigenvalue weighted by atomic mass is 19.2. The minimum atomic E-state index is -1.38. The van der Waals surface area contributed by atoms with E-state index in [1.807, 2.05) is 0 Å². The largest absolute Gasteiger partial charge is 0.323 e. The molecule has 0 bridgehead atoms. The average molecular weight is 440 g/mol. The van der Waals surface area contributed by atoms with Gasteiger partial charge in [0, 0.05) is 40.7 Å². The van der Waals surface area contributed by atoms with Gasteiger partial charge in [-0.2, -0.15) is 0 Å². The van der Waals surface area contributed by atoms with Crippen LogP contribution in [0.25, 0.3) is 10.9 Å². The highest BCUT2D eigenvalue weighted by Crippen LogP contribution is 2.23. The van der Waals surface area contributed by atoms with Crippen molar-refractivity contribution in [2.75, 3.05) is 10.6 Å². The minimum Gasteiger partial charge on any atom is -0.308 e. The number of nitrogens with zero attached hydrogens (tertiary/aromatic N) is 2. The van der Waals surface area contributed by atoms with Crippen molar-refractivity contribution in [3.8, 4) is 0 Å². The third-order valence-electron chi connectivity index (χ3n) is 4.48. The van der Waals surface area contributed by atoms with Crippen LogP contribution in [0.15, 0.2) is 61.1 Å². The van der Waals surface area contributed by atoms with Crippen LogP contribution in [0.4, 0.5) is 33.7 Å². The number of hydrogen-bond donors (Lipinski definition) is 2. The normalized spacial score (nSPS) is 10.8. The molecule has 0 spiro atoms. The Morgan fingerprint density at radius 2 is 1.53 bits per heavy atom. The van der Waals surface area contributed by atoms with Crippen molar-refractivity contribution in [2.45, 2.75) is 0 Å². The van der Waals surface area contributed by atoms with Gasteiger partial charge in [-0.1, -0.05) is 0 Å². The van der Waals surface area contributed by atoms with Crippen LogP contribution in [0.5, 0.6) is 0 Å². The van der Waals surface area contributed by atoms with Crippen molar-refractivity contribution < 1.29 is 27.2 Å². The molecule has 6 nitrogen and oxygen atoms in total. The topological polar surface area (TPSA) is 84.0 Å². The first-order valence-corrected chi connectivity index (χ1v) is 9.08. The minimum absolute atomic E-state index is 0.0639. The van der Waals surface area contributed by atoms with Crippen LogP contribution < -0.4 is 10.6 Å². The lowest BCUT2D eigenvalue weighted by atomic mass is 10.0. The zero-order chi connectivity index (χ0) is 22.8. The molecule has 32 heavy (non-hydrogen) atoms. The molecular weight excluding hydrogens is 428 g/mol. The van der Waals surface area contributed by atoms with E-state index >= 15 is 0 Å². The molecule has 4 rings (SSSR count). The van der Waals surface area contributed by atoms with Crippen molar-refractivity contribution in [3.05, 3.63) is 95.5 Å². The second kappa shape index (κ2) is 8.42. The average Bonchev–Trinajstić information content (AvgIpc) is 2.77. The lowest BCUT2D eigenvalue weighted by Crippen LogP contribution is -2.20. The molecule has 0 radical (unpaired) electrons. The molecule has 4 aromatic rings. The lowest BCUT2D eigenvalue weighted by molar-refractivity contribution is 0.103. The highest BCUT2D eigenvalue weighted by molar-refractivity contribution is 6.11. The molecule has 1 aromatic heterocycles. The van der Waals surface area contributed by atoms with E-state index in [0.717, 1.165) is 24.3 Å². The van der Waals surface area contributed by atoms with Crippen LogP contribution in [0, 0.1) is 23.3 Å². The third kappa shape index (κ3) is 4.24. The van der Waals surface area contributed by atoms with Gasteiger partial charge in [0.1, 0.15) is 6.33 Å². The number of amides is 2. The first-order valence-electron chi connectivity index (χ1n) is 9.08. The molecule has 0 unspecified atom stereocenters. The molecule has 0 aliphatic carbocycles. The Hall–Kier alpha value is -4.34. The molecule has 0 aliphatic rings. The van der Waals surface area contributed by atoms with Gasteiger partial charge in [-0.15, -0.1) is 0 Å². The Kier molecular flexibility index (Phi) is 5.50. The van der Waals surface area contributed by atoms with Gasteiger partial charge < -0.3 is 10.6 Å². The van der Waals surface area contributed by atoms with Gasteiger partial charge in [-0.3, -0.25) is 4.79 Å². The van der Waals surface area contributed by atoms with E-state index in [-0.39, 0.29) is 16.9 Å². The summed E-state index contributed by atoms with van der Waals surface area (Å²) in [4.78, 5) is 32.8. The molecule has 3 aromatic carbocycles. The van der Waals surface area contributed by atoms with E-state index in [2.05, 4.69) is 20.6 Å². The predicted molar refractivity (Wildman–Crippen MR) is 108 cm³/mol. The van der Waals surface area contributed by atoms with Gasteiger partial charge in [-0.05, 0) is 36.4 Å². The molecule has 0 saturated heterocycles. The summed E-state index contributed by atoms with van der Waals surface area (Å²) in [6.45, 7) is 0. The Morgan fingerprint density at radius 1 is 0.781 bits per heavy atom. The summed E-state index contributed by atoms with van der Waals surface area (Å²) >= 11 is 0. The molecule has 0 atom stereocenters. The number of halogens is 4. The molecule has 10 heteroatoms. The number of urea groups is 1. The highest BCUT2D eigenvalue weighted by Gasteiger charge is 2.20. The molecular formula is C22H12F4N4O2. The maximum atomic E-state index is 14.4. The number of carbonyl (C=O) groups is 2. The predicted octanol–water partition coefficient (Wildman–Crippen LogP) is 5.06. The molecule has 0 saturated carbocycles. The molecule has 2 amide bonds. The van der Waals surface area contributed by atoms with Crippen molar-refractivity contribution in [3.63, 3.8) is 0 Å². The standard InChI is InChI=1S/C22H12F4N4O2/c23-16-3-2-13(7-17(16)24)29-22(32)30-14-6-15(20(26)18(25)8-14)21(31)11-1-4-19-12(5-11)9-27-10-28-19/h1-10H,(H2,29,30,32). The van der Waals surface area contributed by atoms with Crippen LogP contribution in [0.1, 0.15) is 15.9 Å². The van der Waals surface area contributed by atoms with Crippen molar-refractivity contribution in [2.24, 2.45) is 0 Å². The molecule has 1 heterocycles. The number of carbonyl (C=O) groups excluding carboxylic acids is 2. The molecule has 0 fully saturated rings. The molecule has 160 valence electrons. The first kappa shape index (κ1) is 20.9. The number of aromatic nitrogens is 2. The summed E-state index contributed by atoms with van der Waals surface area (Å²) in [6.07, 6.45) is 2.80. The quantitative estimate of drug-likeness (QED) is 0.343. The number of rotatable bonds is 4. The van der Waals surface area contributed by atoms with E-state index in [1.165, 1.54) is 30.7 Å². The smallest absolute Gasteiger partial charge is 0.308 e. The maximum Gasteiger partial charge on any atom is 0.323 e. The van der Waals surface area contributed by atoms with Crippen LogP contribution in [-0.4, -0.2) is 21.8 Å². The number of anilines is 2. The second-order valence-corrected chi connectivity index (χ2v) is 6.65. The van der Waals surface area contributed by atoms with Crippen LogP contribution >= 0.6 is 0 Å². The summed E-state index contributed by atoms with van der Waals surface area (Å²) in [6, 6.07) is 7.77. The van der Waals surface area contributed by atoms with E-state index in [9.17, 15) is 27.2 Å². The van der Waals surface area contributed by atoms with Gasteiger partial charge in [0.2, 0.25) is 0 Å². The Labute approximate surface area is 177 Å². The van der Waals surface area contributed by atoms with E-state index in [0.29, 0.717) is 17.0 Å². The fourth-order valence-corrected chi connectivity index (χ4v) is 2.98. The Balaban J connectivity index is 1.59. The fraction of sp³-hybridized carbons (Fsp3) is 0. The van der Waals surface area contributed by atoms with Crippen LogP contribution in [0.2, 0.25) is 0 Å². The zero-order valence-corrected chi connectivity index (χ0v) is 16.0. The number of nitrogens with one attached hydrogen (secondary N) is 2. The summed E-state index contributed by atoms with van der Waals surface area (Å²) in [5.41, 5.74) is -0.277. The van der Waals surface area contributed by atoms with Gasteiger partial charge in [-0.25, -0.2) is 32.3 Å². The first-order chi connectivity index (χ1) is 15.3. The maximum absolute atomic E-state index is 14.4. The van der Waals surface area contributed by atoms with Crippen LogP contribution in [-0.2, 0) is 0 Å². The van der Waals surface area contributed by atoms with Gasteiger partial charge in [0.05, 0.1) is 11.1 Å². The Morgan fingerprint density at radius 3 is 2.31 bits per heavy atom. The molecule has 0 aliphatic heterocycles. The molecule has 2 N–H and O–H groups in total. The van der Waals surface area contributed by atoms with Crippen molar-refractivity contribution in [1.29, 1.82) is 0 Å². The monoisotopic (exact) mass is 440 g/mol. The van der Waals surface area contributed by atoms with E-state index < -0.39 is 40.6 Å². The zero-order valence-electron chi connectivity index (χ0n) is 16.0. The van der Waals surface area contributed by atoms with Crippen LogP contribution in [0.3, 0.4) is 0 Å². The number of benzene rings is 3. The lowest BCUT2D eigenvalue weighted by Gasteiger charge is -2.11. The van der Waals surface area contributed by atoms with E-state index in [4.69, 9.17) is 0 Å². The number of ketones is 1. The second-order valence-electron chi connectivity index (χ2n) is 6.65. The fourth-order valence-electron chi connectivity index (χ4n) is 2.98. The summed E-state index contributed by atoms with van der Waals surface area (Å²) in [5.74, 6) is -5.84. The third-order valence-corrected chi connectivity index (χ3v) is 4.48. The van der Waals surface area contributed by atoms with Gasteiger partial charge >= 0.3 is 6.03 Å². The van der Waals surface area contributed by atoms with Crippen molar-refractivity contribution in [1.82, 2.24) is 9.97 Å². The summed E-state index contributed by atoms with van der Waals surface area (Å²) in [5, 5.41) is 4.97. The van der Waals surface area contributed by atoms with Crippen molar-refractivity contribution >= 4 is 34.1 Å². The summed E-state index contributed by atoms with van der Waals surface area (Å²) < 4.78 is 54.8. The van der Waals surface area contributed by atoms with Gasteiger partial charge in [0.15, 0.2) is 29.1 Å². The summed E-state index contributed by atoms with van der Waals surface area (Å²) in [7, 11) is 0.